The van der Waals surface area contributed by atoms with E-state index in [1.165, 1.54) is 36.2 Å². The molecule has 2 aliphatic heterocycles. The van der Waals surface area contributed by atoms with Crippen molar-refractivity contribution in [2.75, 3.05) is 44.2 Å². The summed E-state index contributed by atoms with van der Waals surface area (Å²) in [6.07, 6.45) is 4.60. The molecule has 0 unspecified atom stereocenters. The van der Waals surface area contributed by atoms with E-state index < -0.39 is 0 Å². The molecule has 1 aromatic heterocycles. The lowest BCUT2D eigenvalue weighted by atomic mass is 10.0. The van der Waals surface area contributed by atoms with Crippen LogP contribution in [0, 0.1) is 0 Å². The molecule has 0 spiro atoms. The fourth-order valence-electron chi connectivity index (χ4n) is 4.98. The molecule has 2 fully saturated rings. The first-order chi connectivity index (χ1) is 14.9. The lowest BCUT2D eigenvalue weighted by molar-refractivity contribution is 0.0888. The van der Waals surface area contributed by atoms with Gasteiger partial charge in [0.1, 0.15) is 0 Å². The second kappa shape index (κ2) is 9.02. The topological polar surface area (TPSA) is 38.4 Å². The molecule has 30 heavy (non-hydrogen) atoms. The number of para-hydroxylation sites is 1. The van der Waals surface area contributed by atoms with Crippen molar-refractivity contribution in [1.82, 2.24) is 20.0 Å². The third-order valence-electron chi connectivity index (χ3n) is 6.61. The van der Waals surface area contributed by atoms with Crippen LogP contribution in [0.1, 0.15) is 18.4 Å². The standard InChI is InChI=1S/C25H31N5/c1-3-8-21(9-4-1)25-22(18-26-27-25)19-28-13-7-12-24(20-28)30-16-14-29(15-17-30)23-10-5-2-6-11-23/h1-6,8-11,18,24H,7,12-17,19-20H2,(H,26,27)/t24-/m1/s1. The zero-order valence-electron chi connectivity index (χ0n) is 17.6. The largest absolute Gasteiger partial charge is 0.369 e. The summed E-state index contributed by atoms with van der Waals surface area (Å²) in [6, 6.07) is 22.1. The van der Waals surface area contributed by atoms with Crippen LogP contribution in [-0.4, -0.2) is 65.3 Å². The van der Waals surface area contributed by atoms with E-state index in [-0.39, 0.29) is 0 Å². The van der Waals surface area contributed by atoms with Crippen LogP contribution in [0.25, 0.3) is 11.3 Å². The molecule has 3 heterocycles. The van der Waals surface area contributed by atoms with Gasteiger partial charge in [-0.15, -0.1) is 0 Å². The van der Waals surface area contributed by atoms with Crippen molar-refractivity contribution in [2.45, 2.75) is 25.4 Å². The van der Waals surface area contributed by atoms with Crippen LogP contribution in [-0.2, 0) is 6.54 Å². The molecular weight excluding hydrogens is 370 g/mol. The summed E-state index contributed by atoms with van der Waals surface area (Å²) >= 11 is 0. The van der Waals surface area contributed by atoms with Crippen molar-refractivity contribution >= 4 is 5.69 Å². The smallest absolute Gasteiger partial charge is 0.0695 e. The fourth-order valence-corrected chi connectivity index (χ4v) is 4.98. The number of anilines is 1. The number of benzene rings is 2. The van der Waals surface area contributed by atoms with Crippen LogP contribution >= 0.6 is 0 Å². The van der Waals surface area contributed by atoms with Crippen LogP contribution in [0.4, 0.5) is 5.69 Å². The Morgan fingerprint density at radius 2 is 1.60 bits per heavy atom. The molecule has 2 saturated heterocycles. The highest BCUT2D eigenvalue weighted by Crippen LogP contribution is 2.25. The molecule has 1 N–H and O–H groups in total. The summed E-state index contributed by atoms with van der Waals surface area (Å²) in [5.74, 6) is 0. The molecule has 5 heteroatoms. The van der Waals surface area contributed by atoms with Gasteiger partial charge in [0.05, 0.1) is 11.9 Å². The molecule has 156 valence electrons. The molecular formula is C25H31N5. The van der Waals surface area contributed by atoms with Gasteiger partial charge in [-0.25, -0.2) is 0 Å². The van der Waals surface area contributed by atoms with Crippen molar-refractivity contribution < 1.29 is 0 Å². The summed E-state index contributed by atoms with van der Waals surface area (Å²) in [5.41, 5.74) is 5.04. The summed E-state index contributed by atoms with van der Waals surface area (Å²) in [6.45, 7) is 7.88. The van der Waals surface area contributed by atoms with Crippen LogP contribution in [0.15, 0.2) is 66.9 Å². The van der Waals surface area contributed by atoms with Gasteiger partial charge in [0.2, 0.25) is 0 Å². The Hall–Kier alpha value is -2.63. The number of piperidine rings is 1. The highest BCUT2D eigenvalue weighted by atomic mass is 15.3. The van der Waals surface area contributed by atoms with E-state index in [9.17, 15) is 0 Å². The summed E-state index contributed by atoms with van der Waals surface area (Å²) < 4.78 is 0. The van der Waals surface area contributed by atoms with E-state index in [0.717, 1.165) is 45.0 Å². The quantitative estimate of drug-likeness (QED) is 0.705. The number of rotatable bonds is 5. The predicted molar refractivity (Wildman–Crippen MR) is 123 cm³/mol. The van der Waals surface area contributed by atoms with Gasteiger partial charge in [-0.2, -0.15) is 5.10 Å². The van der Waals surface area contributed by atoms with Crippen molar-refractivity contribution in [1.29, 1.82) is 0 Å². The van der Waals surface area contributed by atoms with Crippen LogP contribution in [0.3, 0.4) is 0 Å². The molecule has 2 aromatic carbocycles. The number of aromatic nitrogens is 2. The highest BCUT2D eigenvalue weighted by Gasteiger charge is 2.28. The Bertz CT molecular complexity index is 915. The van der Waals surface area contributed by atoms with E-state index in [2.05, 4.69) is 85.6 Å². The Labute approximate surface area is 179 Å². The molecule has 5 nitrogen and oxygen atoms in total. The number of piperazine rings is 1. The number of nitrogens with one attached hydrogen (secondary N) is 1. The zero-order chi connectivity index (χ0) is 20.2. The van der Waals surface area contributed by atoms with E-state index >= 15 is 0 Å². The number of aromatic amines is 1. The molecule has 5 rings (SSSR count). The number of likely N-dealkylation sites (tertiary alicyclic amines) is 1. The summed E-state index contributed by atoms with van der Waals surface area (Å²) in [4.78, 5) is 7.86. The number of nitrogens with zero attached hydrogens (tertiary/aromatic N) is 4. The average Bonchev–Trinajstić information content (AvgIpc) is 3.29. The normalized spacial score (nSPS) is 21.1. The van der Waals surface area contributed by atoms with E-state index in [4.69, 9.17) is 0 Å². The van der Waals surface area contributed by atoms with Gasteiger partial charge in [-0.3, -0.25) is 14.9 Å². The maximum absolute atomic E-state index is 4.34. The Balaban J connectivity index is 1.19. The first kappa shape index (κ1) is 19.3. The maximum Gasteiger partial charge on any atom is 0.0695 e. The van der Waals surface area contributed by atoms with Gasteiger partial charge in [0, 0.05) is 56.6 Å². The Morgan fingerprint density at radius 1 is 0.867 bits per heavy atom. The predicted octanol–water partition coefficient (Wildman–Crippen LogP) is 3.86. The van der Waals surface area contributed by atoms with E-state index in [0.29, 0.717) is 6.04 Å². The van der Waals surface area contributed by atoms with Gasteiger partial charge in [0.15, 0.2) is 0 Å². The minimum absolute atomic E-state index is 0.670. The van der Waals surface area contributed by atoms with Gasteiger partial charge in [0.25, 0.3) is 0 Å². The van der Waals surface area contributed by atoms with Gasteiger partial charge in [-0.05, 0) is 37.1 Å². The van der Waals surface area contributed by atoms with Crippen LogP contribution < -0.4 is 4.90 Å². The number of hydrogen-bond donors (Lipinski definition) is 1. The Kier molecular flexibility index (Phi) is 5.82. The first-order valence-electron chi connectivity index (χ1n) is 11.2. The number of hydrogen-bond acceptors (Lipinski definition) is 4. The molecule has 0 bridgehead atoms. The summed E-state index contributed by atoms with van der Waals surface area (Å²) in [5, 5.41) is 7.56. The van der Waals surface area contributed by atoms with Gasteiger partial charge < -0.3 is 4.90 Å². The fraction of sp³-hybridized carbons (Fsp3) is 0.400. The molecule has 0 saturated carbocycles. The molecule has 3 aromatic rings. The second-order valence-corrected chi connectivity index (χ2v) is 8.53. The second-order valence-electron chi connectivity index (χ2n) is 8.53. The molecule has 0 amide bonds. The average molecular weight is 402 g/mol. The molecule has 1 atom stereocenters. The Morgan fingerprint density at radius 3 is 2.37 bits per heavy atom. The number of H-pyrrole nitrogens is 1. The first-order valence-corrected chi connectivity index (χ1v) is 11.2. The minimum atomic E-state index is 0.670. The van der Waals surface area contributed by atoms with Gasteiger partial charge >= 0.3 is 0 Å². The van der Waals surface area contributed by atoms with E-state index in [1.54, 1.807) is 0 Å². The van der Waals surface area contributed by atoms with Crippen LogP contribution in [0.5, 0.6) is 0 Å². The van der Waals surface area contributed by atoms with Crippen molar-refractivity contribution in [3.05, 3.63) is 72.4 Å². The van der Waals surface area contributed by atoms with Crippen molar-refractivity contribution in [3.63, 3.8) is 0 Å². The molecule has 2 aliphatic rings. The molecule has 0 radical (unpaired) electrons. The maximum atomic E-state index is 4.34. The van der Waals surface area contributed by atoms with Crippen molar-refractivity contribution in [2.24, 2.45) is 0 Å². The highest BCUT2D eigenvalue weighted by molar-refractivity contribution is 5.62. The molecule has 0 aliphatic carbocycles. The third-order valence-corrected chi connectivity index (χ3v) is 6.61. The lowest BCUT2D eigenvalue weighted by Crippen LogP contribution is -2.55. The monoisotopic (exact) mass is 401 g/mol. The summed E-state index contributed by atoms with van der Waals surface area (Å²) in [7, 11) is 0. The van der Waals surface area contributed by atoms with E-state index in [1.807, 2.05) is 6.20 Å². The van der Waals surface area contributed by atoms with Crippen molar-refractivity contribution in [3.8, 4) is 11.3 Å². The van der Waals surface area contributed by atoms with Crippen LogP contribution in [0.2, 0.25) is 0 Å². The SMILES string of the molecule is c1ccc(-c2[nH]ncc2CN2CCC[C@@H](N3CCN(c4ccccc4)CC3)C2)cc1. The van der Waals surface area contributed by atoms with Gasteiger partial charge in [-0.1, -0.05) is 48.5 Å². The zero-order valence-corrected chi connectivity index (χ0v) is 17.6. The minimum Gasteiger partial charge on any atom is -0.369 e. The lowest BCUT2D eigenvalue weighted by Gasteiger charge is -2.44. The third kappa shape index (κ3) is 4.27.